The van der Waals surface area contributed by atoms with Gasteiger partial charge in [-0.25, -0.2) is 8.42 Å². The summed E-state index contributed by atoms with van der Waals surface area (Å²) in [5, 5.41) is 0. The van der Waals surface area contributed by atoms with E-state index in [1.54, 1.807) is 0 Å². The fourth-order valence-corrected chi connectivity index (χ4v) is 6.20. The second-order valence-electron chi connectivity index (χ2n) is 7.78. The predicted molar refractivity (Wildman–Crippen MR) is 126 cm³/mol. The molecule has 0 fully saturated rings. The third kappa shape index (κ3) is 10.6. The zero-order valence-corrected chi connectivity index (χ0v) is 20.7. The summed E-state index contributed by atoms with van der Waals surface area (Å²) in [6.45, 7) is 7.21. The minimum absolute atomic E-state index is 0.0964. The van der Waals surface area contributed by atoms with Crippen LogP contribution >= 0.6 is 24.0 Å². The Kier molecular flexibility index (Phi) is 15.6. The maximum Gasteiger partial charge on any atom is 0.327 e. The van der Waals surface area contributed by atoms with E-state index in [-0.39, 0.29) is 10.1 Å². The molecular formula is C21H40O4S3. The number of unbranched alkanes of at least 4 members (excludes halogenated alkanes) is 10. The van der Waals surface area contributed by atoms with Gasteiger partial charge in [0, 0.05) is 0 Å². The van der Waals surface area contributed by atoms with Gasteiger partial charge in [0.15, 0.2) is 8.28 Å². The Morgan fingerprint density at radius 1 is 0.857 bits per heavy atom. The Morgan fingerprint density at radius 3 is 1.82 bits per heavy atom. The summed E-state index contributed by atoms with van der Waals surface area (Å²) < 4.78 is 28.7. The normalized spacial score (nSPS) is 12.1. The fraction of sp³-hybridized carbons (Fsp3) is 0.905. The van der Waals surface area contributed by atoms with Gasteiger partial charge in [-0.3, -0.25) is 4.79 Å². The van der Waals surface area contributed by atoms with Crippen LogP contribution in [-0.4, -0.2) is 35.0 Å². The van der Waals surface area contributed by atoms with Crippen molar-refractivity contribution in [3.63, 3.8) is 0 Å². The van der Waals surface area contributed by atoms with E-state index in [2.05, 4.69) is 6.92 Å². The van der Waals surface area contributed by atoms with Crippen molar-refractivity contribution in [1.29, 1.82) is 0 Å². The molecule has 0 saturated carbocycles. The number of rotatable bonds is 16. The van der Waals surface area contributed by atoms with Gasteiger partial charge in [-0.1, -0.05) is 90.3 Å². The van der Waals surface area contributed by atoms with Crippen molar-refractivity contribution < 1.29 is 17.9 Å². The van der Waals surface area contributed by atoms with E-state index < -0.39 is 20.6 Å². The van der Waals surface area contributed by atoms with E-state index >= 15 is 0 Å². The summed E-state index contributed by atoms with van der Waals surface area (Å²) >= 11 is 6.30. The summed E-state index contributed by atoms with van der Waals surface area (Å²) in [6, 6.07) is 0. The number of thiocarbonyl (C=S) groups is 1. The minimum Gasteiger partial charge on any atom is -0.465 e. The lowest BCUT2D eigenvalue weighted by Gasteiger charge is -2.22. The molecule has 0 aromatic carbocycles. The van der Waals surface area contributed by atoms with Crippen LogP contribution in [0.25, 0.3) is 0 Å². The number of esters is 1. The van der Waals surface area contributed by atoms with E-state index in [0.29, 0.717) is 5.75 Å². The molecule has 0 aliphatic carbocycles. The largest absolute Gasteiger partial charge is 0.465 e. The molecule has 0 aliphatic rings. The smallest absolute Gasteiger partial charge is 0.327 e. The van der Waals surface area contributed by atoms with Crippen molar-refractivity contribution in [2.45, 2.75) is 109 Å². The fourth-order valence-electron chi connectivity index (χ4n) is 2.62. The second kappa shape index (κ2) is 15.7. The molecule has 0 radical (unpaired) electrons. The lowest BCUT2D eigenvalue weighted by Crippen LogP contribution is -2.44. The molecule has 0 unspecified atom stereocenters. The van der Waals surface area contributed by atoms with E-state index in [4.69, 9.17) is 17.0 Å². The highest BCUT2D eigenvalue weighted by atomic mass is 32.3. The summed E-state index contributed by atoms with van der Waals surface area (Å²) in [7, 11) is -3.87. The third-order valence-corrected chi connectivity index (χ3v) is 9.53. The Balaban J connectivity index is 4.08. The van der Waals surface area contributed by atoms with Crippen LogP contribution in [0, 0.1) is 0 Å². The molecule has 0 aromatic heterocycles. The summed E-state index contributed by atoms with van der Waals surface area (Å²) in [6.07, 6.45) is 14.0. The van der Waals surface area contributed by atoms with E-state index in [1.807, 2.05) is 6.92 Å². The van der Waals surface area contributed by atoms with E-state index in [1.165, 1.54) is 77.0 Å². The van der Waals surface area contributed by atoms with Crippen LogP contribution in [0.4, 0.5) is 0 Å². The standard InChI is InChI=1S/C21H40O4S3/c1-5-7-9-10-11-12-13-14-15-16-18-27-20(26)28(23,24)21(3,4)19(22)25-17-8-6-2/h5-18H2,1-4H3. The van der Waals surface area contributed by atoms with Crippen molar-refractivity contribution in [3.05, 3.63) is 0 Å². The molecule has 0 bridgehead atoms. The number of sulfone groups is 1. The second-order valence-corrected chi connectivity index (χ2v) is 12.5. The molecular weight excluding hydrogens is 412 g/mol. The Morgan fingerprint density at radius 2 is 1.32 bits per heavy atom. The Labute approximate surface area is 182 Å². The average molecular weight is 453 g/mol. The third-order valence-electron chi connectivity index (χ3n) is 4.83. The molecule has 0 aromatic rings. The quantitative estimate of drug-likeness (QED) is 0.152. The molecule has 28 heavy (non-hydrogen) atoms. The van der Waals surface area contributed by atoms with Crippen LogP contribution in [0.15, 0.2) is 0 Å². The summed E-state index contributed by atoms with van der Waals surface area (Å²) in [5.41, 5.74) is 0. The van der Waals surface area contributed by atoms with Crippen LogP contribution in [0.1, 0.15) is 105 Å². The van der Waals surface area contributed by atoms with E-state index in [0.717, 1.165) is 25.7 Å². The summed E-state index contributed by atoms with van der Waals surface area (Å²) in [5.74, 6) is -0.0435. The van der Waals surface area contributed by atoms with Gasteiger partial charge in [-0.15, -0.1) is 11.8 Å². The Bertz CT molecular complexity index is 542. The monoisotopic (exact) mass is 452 g/mol. The molecule has 0 atom stereocenters. The molecule has 0 aliphatic heterocycles. The lowest BCUT2D eigenvalue weighted by atomic mass is 10.1. The first-order chi connectivity index (χ1) is 13.2. The number of hydrogen-bond donors (Lipinski definition) is 0. The van der Waals surface area contributed by atoms with Gasteiger partial charge >= 0.3 is 5.97 Å². The first-order valence-corrected chi connectivity index (χ1v) is 13.7. The zero-order chi connectivity index (χ0) is 21.5. The first kappa shape index (κ1) is 27.9. The van der Waals surface area contributed by atoms with Gasteiger partial charge < -0.3 is 4.74 Å². The molecule has 0 spiro atoms. The van der Waals surface area contributed by atoms with Crippen LogP contribution in [0.5, 0.6) is 0 Å². The number of hydrogen-bond acceptors (Lipinski definition) is 6. The first-order valence-electron chi connectivity index (χ1n) is 10.8. The van der Waals surface area contributed by atoms with Crippen molar-refractivity contribution in [2.75, 3.05) is 12.4 Å². The van der Waals surface area contributed by atoms with Crippen LogP contribution in [-0.2, 0) is 19.4 Å². The number of thioether (sulfide) groups is 1. The van der Waals surface area contributed by atoms with Gasteiger partial charge in [-0.2, -0.15) is 0 Å². The molecule has 0 heterocycles. The highest BCUT2D eigenvalue weighted by molar-refractivity contribution is 8.44. The maximum atomic E-state index is 12.7. The average Bonchev–Trinajstić information content (AvgIpc) is 2.65. The summed E-state index contributed by atoms with van der Waals surface area (Å²) in [4.78, 5) is 12.2. The number of ether oxygens (including phenoxy) is 1. The topological polar surface area (TPSA) is 60.4 Å². The zero-order valence-electron chi connectivity index (χ0n) is 18.3. The molecule has 0 saturated heterocycles. The molecule has 0 rings (SSSR count). The van der Waals surface area contributed by atoms with Gasteiger partial charge in [0.1, 0.15) is 0 Å². The highest BCUT2D eigenvalue weighted by Gasteiger charge is 2.45. The van der Waals surface area contributed by atoms with Crippen LogP contribution in [0.3, 0.4) is 0 Å². The maximum absolute atomic E-state index is 12.7. The molecule has 166 valence electrons. The van der Waals surface area contributed by atoms with Crippen molar-refractivity contribution in [1.82, 2.24) is 0 Å². The number of carbonyl (C=O) groups is 1. The molecule has 7 heteroatoms. The van der Waals surface area contributed by atoms with Crippen molar-refractivity contribution in [3.8, 4) is 0 Å². The lowest BCUT2D eigenvalue weighted by molar-refractivity contribution is -0.145. The number of carbonyl (C=O) groups excluding carboxylic acids is 1. The Hall–Kier alpha value is -0.140. The van der Waals surface area contributed by atoms with Gasteiger partial charge in [-0.05, 0) is 32.4 Å². The SMILES string of the molecule is CCCCCCCCCCCCSC(=S)S(=O)(=O)C(C)(C)C(=O)OCCCC. The van der Waals surface area contributed by atoms with Crippen LogP contribution in [0.2, 0.25) is 0 Å². The highest BCUT2D eigenvalue weighted by Crippen LogP contribution is 2.26. The molecule has 0 amide bonds. The molecule has 0 N–H and O–H groups in total. The van der Waals surface area contributed by atoms with E-state index in [9.17, 15) is 13.2 Å². The predicted octanol–water partition coefficient (Wildman–Crippen LogP) is 6.46. The molecule has 4 nitrogen and oxygen atoms in total. The van der Waals surface area contributed by atoms with Gasteiger partial charge in [0.25, 0.3) is 0 Å². The minimum atomic E-state index is -3.87. The van der Waals surface area contributed by atoms with Crippen LogP contribution < -0.4 is 0 Å². The van der Waals surface area contributed by atoms with Gasteiger partial charge in [0.2, 0.25) is 9.84 Å². The van der Waals surface area contributed by atoms with Crippen molar-refractivity contribution in [2.24, 2.45) is 0 Å². The van der Waals surface area contributed by atoms with Gasteiger partial charge in [0.05, 0.1) is 6.61 Å². The van der Waals surface area contributed by atoms with Crippen molar-refractivity contribution >= 4 is 43.3 Å².